The van der Waals surface area contributed by atoms with E-state index in [1.54, 1.807) is 27.8 Å². The topological polar surface area (TPSA) is 59.5 Å². The number of aromatic nitrogens is 1. The highest BCUT2D eigenvalue weighted by molar-refractivity contribution is 7.89. The molecule has 1 saturated heterocycles. The fraction of sp³-hybridized carbons (Fsp3) is 0.348. The van der Waals surface area contributed by atoms with Gasteiger partial charge in [0.15, 0.2) is 0 Å². The zero-order chi connectivity index (χ0) is 21.1. The van der Waals surface area contributed by atoms with E-state index in [4.69, 9.17) is 4.74 Å². The summed E-state index contributed by atoms with van der Waals surface area (Å²) in [5.41, 5.74) is 2.89. The van der Waals surface area contributed by atoms with Gasteiger partial charge in [0.05, 0.1) is 17.8 Å². The van der Waals surface area contributed by atoms with Gasteiger partial charge in [-0.25, -0.2) is 13.4 Å². The van der Waals surface area contributed by atoms with Gasteiger partial charge >= 0.3 is 0 Å². The van der Waals surface area contributed by atoms with Crippen LogP contribution in [-0.2, 0) is 16.4 Å². The molecule has 0 saturated carbocycles. The molecular weight excluding hydrogens is 416 g/mol. The molecule has 0 amide bonds. The fourth-order valence-corrected chi connectivity index (χ4v) is 6.25. The third-order valence-electron chi connectivity index (χ3n) is 5.64. The summed E-state index contributed by atoms with van der Waals surface area (Å²) in [5.74, 6) is 0.877. The minimum Gasteiger partial charge on any atom is -0.495 e. The standard InChI is InChI=1S/C23H26N2O3S2/c1-17-24-21(16-29-17)20-8-9-22(28-2)23(15-20)30(26,27)25-12-10-19(11-13-25)14-18-6-4-3-5-7-18/h3-9,15-16,19H,10-14H2,1-2H3. The Morgan fingerprint density at radius 2 is 1.87 bits per heavy atom. The van der Waals surface area contributed by atoms with Gasteiger partial charge in [-0.1, -0.05) is 30.3 Å². The molecule has 3 aromatic rings. The van der Waals surface area contributed by atoms with E-state index in [1.807, 2.05) is 24.4 Å². The van der Waals surface area contributed by atoms with Gasteiger partial charge < -0.3 is 4.74 Å². The Hall–Kier alpha value is -2.22. The number of hydrogen-bond donors (Lipinski definition) is 0. The molecule has 0 N–H and O–H groups in total. The molecule has 1 aliphatic heterocycles. The number of piperidine rings is 1. The number of sulfonamides is 1. The molecule has 7 heteroatoms. The van der Waals surface area contributed by atoms with Crippen LogP contribution in [0.2, 0.25) is 0 Å². The molecule has 158 valence electrons. The summed E-state index contributed by atoms with van der Waals surface area (Å²) in [6.07, 6.45) is 2.72. The van der Waals surface area contributed by atoms with E-state index in [-0.39, 0.29) is 4.90 Å². The van der Waals surface area contributed by atoms with Crippen LogP contribution in [0.5, 0.6) is 5.75 Å². The van der Waals surface area contributed by atoms with E-state index in [2.05, 4.69) is 29.2 Å². The number of thiazole rings is 1. The molecule has 0 atom stereocenters. The van der Waals surface area contributed by atoms with Crippen molar-refractivity contribution in [3.8, 4) is 17.0 Å². The third-order valence-corrected chi connectivity index (χ3v) is 8.33. The lowest BCUT2D eigenvalue weighted by molar-refractivity contribution is 0.272. The molecule has 2 heterocycles. The van der Waals surface area contributed by atoms with Crippen LogP contribution in [0.1, 0.15) is 23.4 Å². The molecule has 0 radical (unpaired) electrons. The predicted octanol–water partition coefficient (Wildman–Crippen LogP) is 4.77. The second-order valence-corrected chi connectivity index (χ2v) is 10.6. The van der Waals surface area contributed by atoms with Crippen LogP contribution in [0.25, 0.3) is 11.3 Å². The number of ether oxygens (including phenoxy) is 1. The smallest absolute Gasteiger partial charge is 0.246 e. The minimum atomic E-state index is -3.64. The summed E-state index contributed by atoms with van der Waals surface area (Å²) >= 11 is 1.55. The lowest BCUT2D eigenvalue weighted by Gasteiger charge is -2.31. The Kier molecular flexibility index (Phi) is 6.22. The second-order valence-electron chi connectivity index (χ2n) is 7.65. The van der Waals surface area contributed by atoms with Crippen LogP contribution in [-0.4, -0.2) is 37.9 Å². The van der Waals surface area contributed by atoms with Gasteiger partial charge in [0.1, 0.15) is 10.6 Å². The number of benzene rings is 2. The van der Waals surface area contributed by atoms with E-state index in [1.165, 1.54) is 12.7 Å². The molecule has 1 fully saturated rings. The van der Waals surface area contributed by atoms with Crippen LogP contribution < -0.4 is 4.74 Å². The lowest BCUT2D eigenvalue weighted by Crippen LogP contribution is -2.39. The van der Waals surface area contributed by atoms with Crippen molar-refractivity contribution in [2.45, 2.75) is 31.1 Å². The highest BCUT2D eigenvalue weighted by Crippen LogP contribution is 2.34. The van der Waals surface area contributed by atoms with Crippen LogP contribution in [0.3, 0.4) is 0 Å². The van der Waals surface area contributed by atoms with Gasteiger partial charge in [-0.15, -0.1) is 11.3 Å². The highest BCUT2D eigenvalue weighted by atomic mass is 32.2. The summed E-state index contributed by atoms with van der Waals surface area (Å²) in [7, 11) is -2.13. The maximum atomic E-state index is 13.4. The van der Waals surface area contributed by atoms with Crippen molar-refractivity contribution < 1.29 is 13.2 Å². The Morgan fingerprint density at radius 1 is 1.13 bits per heavy atom. The van der Waals surface area contributed by atoms with Crippen molar-refractivity contribution in [2.75, 3.05) is 20.2 Å². The molecule has 5 nitrogen and oxygen atoms in total. The van der Waals surface area contributed by atoms with E-state index >= 15 is 0 Å². The van der Waals surface area contributed by atoms with E-state index < -0.39 is 10.0 Å². The van der Waals surface area contributed by atoms with Gasteiger partial charge in [-0.2, -0.15) is 4.31 Å². The highest BCUT2D eigenvalue weighted by Gasteiger charge is 2.32. The average Bonchev–Trinajstić information content (AvgIpc) is 3.21. The Bertz CT molecular complexity index is 1100. The van der Waals surface area contributed by atoms with Crippen molar-refractivity contribution in [3.63, 3.8) is 0 Å². The minimum absolute atomic E-state index is 0.217. The largest absolute Gasteiger partial charge is 0.495 e. The maximum Gasteiger partial charge on any atom is 0.246 e. The van der Waals surface area contributed by atoms with Crippen LogP contribution >= 0.6 is 11.3 Å². The van der Waals surface area contributed by atoms with Crippen molar-refractivity contribution in [2.24, 2.45) is 5.92 Å². The van der Waals surface area contributed by atoms with Crippen molar-refractivity contribution >= 4 is 21.4 Å². The van der Waals surface area contributed by atoms with Gasteiger partial charge in [0.25, 0.3) is 0 Å². The Balaban J connectivity index is 1.53. The number of nitrogens with zero attached hydrogens (tertiary/aromatic N) is 2. The van der Waals surface area contributed by atoms with Crippen LogP contribution in [0.15, 0.2) is 58.8 Å². The number of rotatable bonds is 6. The summed E-state index contributed by atoms with van der Waals surface area (Å²) in [6, 6.07) is 15.7. The normalized spacial score (nSPS) is 15.9. The molecule has 0 bridgehead atoms. The fourth-order valence-electron chi connectivity index (χ4n) is 3.97. The Labute approximate surface area is 182 Å². The lowest BCUT2D eigenvalue weighted by atomic mass is 9.91. The summed E-state index contributed by atoms with van der Waals surface area (Å²) < 4.78 is 33.9. The third kappa shape index (κ3) is 4.43. The van der Waals surface area contributed by atoms with Crippen LogP contribution in [0.4, 0.5) is 0 Å². The number of hydrogen-bond acceptors (Lipinski definition) is 5. The van der Waals surface area contributed by atoms with Gasteiger partial charge in [0.2, 0.25) is 10.0 Å². The summed E-state index contributed by atoms with van der Waals surface area (Å²) in [5, 5.41) is 2.90. The van der Waals surface area contributed by atoms with Gasteiger partial charge in [0, 0.05) is 24.0 Å². The van der Waals surface area contributed by atoms with E-state index in [9.17, 15) is 8.42 Å². The first-order chi connectivity index (χ1) is 14.5. The molecule has 4 rings (SSSR count). The average molecular weight is 443 g/mol. The first-order valence-electron chi connectivity index (χ1n) is 10.1. The number of methoxy groups -OCH3 is 1. The van der Waals surface area contributed by atoms with Crippen molar-refractivity contribution in [1.82, 2.24) is 9.29 Å². The van der Waals surface area contributed by atoms with Gasteiger partial charge in [-0.3, -0.25) is 0 Å². The zero-order valence-electron chi connectivity index (χ0n) is 17.2. The van der Waals surface area contributed by atoms with E-state index in [0.29, 0.717) is 24.8 Å². The first-order valence-corrected chi connectivity index (χ1v) is 12.4. The molecule has 2 aromatic carbocycles. The van der Waals surface area contributed by atoms with E-state index in [0.717, 1.165) is 35.5 Å². The predicted molar refractivity (Wildman–Crippen MR) is 120 cm³/mol. The molecule has 0 unspecified atom stereocenters. The van der Waals surface area contributed by atoms with Crippen molar-refractivity contribution in [1.29, 1.82) is 0 Å². The zero-order valence-corrected chi connectivity index (χ0v) is 18.9. The first kappa shape index (κ1) is 21.0. The van der Waals surface area contributed by atoms with Gasteiger partial charge in [-0.05, 0) is 55.9 Å². The molecule has 30 heavy (non-hydrogen) atoms. The molecule has 0 spiro atoms. The maximum absolute atomic E-state index is 13.4. The van der Waals surface area contributed by atoms with Crippen molar-refractivity contribution in [3.05, 3.63) is 64.5 Å². The summed E-state index contributed by atoms with van der Waals surface area (Å²) in [4.78, 5) is 4.71. The summed E-state index contributed by atoms with van der Waals surface area (Å²) in [6.45, 7) is 3.00. The molecular formula is C23H26N2O3S2. The monoisotopic (exact) mass is 442 g/mol. The quantitative estimate of drug-likeness (QED) is 0.552. The van der Waals surface area contributed by atoms with Crippen LogP contribution in [0, 0.1) is 12.8 Å². The molecule has 0 aliphatic carbocycles. The Morgan fingerprint density at radius 3 is 2.50 bits per heavy atom. The molecule has 1 aromatic heterocycles. The second kappa shape index (κ2) is 8.88. The molecule has 1 aliphatic rings. The number of aryl methyl sites for hydroxylation is 1. The SMILES string of the molecule is COc1ccc(-c2csc(C)n2)cc1S(=O)(=O)N1CCC(Cc2ccccc2)CC1.